The molecule has 2 N–H and O–H groups in total. The Labute approximate surface area is 172 Å². The number of hydrogen-bond acceptors (Lipinski definition) is 5. The van der Waals surface area contributed by atoms with Crippen molar-refractivity contribution >= 4 is 28.8 Å². The van der Waals surface area contributed by atoms with Gasteiger partial charge in [0.1, 0.15) is 0 Å². The van der Waals surface area contributed by atoms with Crippen LogP contribution < -0.4 is 10.6 Å². The fourth-order valence-electron chi connectivity index (χ4n) is 3.26. The SMILES string of the molecule is CCn1ncc(-c2ccnc3cc(C(=O)Nc4ccc(NC(C)=O)cc4)nn23)c1C. The minimum atomic E-state index is -0.347. The minimum absolute atomic E-state index is 0.153. The maximum Gasteiger partial charge on any atom is 0.276 e. The highest BCUT2D eigenvalue weighted by Crippen LogP contribution is 2.24. The highest BCUT2D eigenvalue weighted by molar-refractivity contribution is 6.03. The summed E-state index contributed by atoms with van der Waals surface area (Å²) in [5.41, 5.74) is 4.85. The first-order valence-electron chi connectivity index (χ1n) is 9.53. The van der Waals surface area contributed by atoms with Crippen LogP contribution in [0.3, 0.4) is 0 Å². The summed E-state index contributed by atoms with van der Waals surface area (Å²) >= 11 is 0. The maximum absolute atomic E-state index is 12.7. The van der Waals surface area contributed by atoms with Crippen LogP contribution in [0, 0.1) is 6.92 Å². The number of hydrogen-bond donors (Lipinski definition) is 2. The predicted molar refractivity (Wildman–Crippen MR) is 113 cm³/mol. The van der Waals surface area contributed by atoms with Gasteiger partial charge in [-0.15, -0.1) is 0 Å². The number of amides is 2. The summed E-state index contributed by atoms with van der Waals surface area (Å²) in [5.74, 6) is -0.501. The zero-order valence-electron chi connectivity index (χ0n) is 16.9. The molecular weight excluding hydrogens is 382 g/mol. The lowest BCUT2D eigenvalue weighted by molar-refractivity contribution is -0.114. The molecule has 0 aliphatic rings. The average molecular weight is 403 g/mol. The summed E-state index contributed by atoms with van der Waals surface area (Å²) in [4.78, 5) is 28.1. The summed E-state index contributed by atoms with van der Waals surface area (Å²) < 4.78 is 3.56. The van der Waals surface area contributed by atoms with E-state index in [1.165, 1.54) is 6.92 Å². The number of fused-ring (bicyclic) bond motifs is 1. The molecule has 1 aromatic carbocycles. The normalized spacial score (nSPS) is 10.9. The van der Waals surface area contributed by atoms with Crippen LogP contribution in [0.1, 0.15) is 30.0 Å². The van der Waals surface area contributed by atoms with Crippen molar-refractivity contribution in [2.24, 2.45) is 0 Å². The Kier molecular flexibility index (Phi) is 5.01. The van der Waals surface area contributed by atoms with Gasteiger partial charge in [0.25, 0.3) is 5.91 Å². The van der Waals surface area contributed by atoms with Gasteiger partial charge < -0.3 is 10.6 Å². The average Bonchev–Trinajstić information content (AvgIpc) is 3.32. The van der Waals surface area contributed by atoms with Crippen molar-refractivity contribution in [3.8, 4) is 11.3 Å². The number of rotatable bonds is 5. The zero-order valence-corrected chi connectivity index (χ0v) is 16.9. The monoisotopic (exact) mass is 403 g/mol. The molecule has 9 heteroatoms. The van der Waals surface area contributed by atoms with E-state index in [1.54, 1.807) is 47.2 Å². The number of aryl methyl sites for hydroxylation is 1. The van der Waals surface area contributed by atoms with Gasteiger partial charge >= 0.3 is 0 Å². The van der Waals surface area contributed by atoms with E-state index < -0.39 is 0 Å². The number of carbonyl (C=O) groups excluding carboxylic acids is 2. The van der Waals surface area contributed by atoms with Crippen LogP contribution in [0.5, 0.6) is 0 Å². The highest BCUT2D eigenvalue weighted by Gasteiger charge is 2.16. The Balaban J connectivity index is 1.61. The van der Waals surface area contributed by atoms with Crippen molar-refractivity contribution in [1.29, 1.82) is 0 Å². The number of nitrogens with zero attached hydrogens (tertiary/aromatic N) is 5. The molecule has 0 aliphatic heterocycles. The summed E-state index contributed by atoms with van der Waals surface area (Å²) in [6.07, 6.45) is 3.49. The third-order valence-corrected chi connectivity index (χ3v) is 4.73. The van der Waals surface area contributed by atoms with Crippen molar-refractivity contribution in [3.63, 3.8) is 0 Å². The molecule has 0 bridgehead atoms. The Hall–Kier alpha value is -4.01. The van der Waals surface area contributed by atoms with Gasteiger partial charge in [0.15, 0.2) is 11.3 Å². The number of aromatic nitrogens is 5. The molecule has 0 fully saturated rings. The molecule has 0 saturated heterocycles. The van der Waals surface area contributed by atoms with E-state index in [4.69, 9.17) is 0 Å². The first-order valence-corrected chi connectivity index (χ1v) is 9.53. The van der Waals surface area contributed by atoms with Crippen molar-refractivity contribution in [2.45, 2.75) is 27.3 Å². The van der Waals surface area contributed by atoms with Gasteiger partial charge in [0.2, 0.25) is 5.91 Å². The lowest BCUT2D eigenvalue weighted by Gasteiger charge is -2.06. The van der Waals surface area contributed by atoms with Crippen LogP contribution in [-0.4, -0.2) is 36.2 Å². The molecule has 0 radical (unpaired) electrons. The van der Waals surface area contributed by atoms with E-state index in [2.05, 4.69) is 25.8 Å². The van der Waals surface area contributed by atoms with E-state index >= 15 is 0 Å². The second-order valence-electron chi connectivity index (χ2n) is 6.80. The highest BCUT2D eigenvalue weighted by atomic mass is 16.2. The van der Waals surface area contributed by atoms with Gasteiger partial charge in [-0.05, 0) is 44.2 Å². The second kappa shape index (κ2) is 7.78. The molecule has 30 heavy (non-hydrogen) atoms. The molecule has 2 amide bonds. The van der Waals surface area contributed by atoms with Crippen molar-refractivity contribution in [2.75, 3.05) is 10.6 Å². The van der Waals surface area contributed by atoms with Gasteiger partial charge in [0.05, 0.1) is 11.9 Å². The minimum Gasteiger partial charge on any atom is -0.326 e. The van der Waals surface area contributed by atoms with Gasteiger partial charge in [-0.25, -0.2) is 9.50 Å². The maximum atomic E-state index is 12.7. The molecule has 0 atom stereocenters. The van der Waals surface area contributed by atoms with Gasteiger partial charge in [-0.1, -0.05) is 0 Å². The van der Waals surface area contributed by atoms with E-state index in [1.807, 2.05) is 24.6 Å². The van der Waals surface area contributed by atoms with E-state index in [0.717, 1.165) is 23.5 Å². The largest absolute Gasteiger partial charge is 0.326 e. The van der Waals surface area contributed by atoms with E-state index in [-0.39, 0.29) is 17.5 Å². The van der Waals surface area contributed by atoms with Crippen molar-refractivity contribution in [1.82, 2.24) is 24.4 Å². The standard InChI is InChI=1S/C21H21N7O2/c1-4-27-13(2)17(12-23-27)19-9-10-22-20-11-18(26-28(19)20)21(30)25-16-7-5-15(6-8-16)24-14(3)29/h5-12H,4H2,1-3H3,(H,24,29)(H,25,30). The number of carbonyl (C=O) groups is 2. The zero-order chi connectivity index (χ0) is 21.3. The van der Waals surface area contributed by atoms with Crippen LogP contribution >= 0.6 is 0 Å². The van der Waals surface area contributed by atoms with Crippen molar-refractivity contribution < 1.29 is 9.59 Å². The third kappa shape index (κ3) is 3.64. The molecular formula is C21H21N7O2. The number of benzene rings is 1. The van der Waals surface area contributed by atoms with Crippen LogP contribution in [-0.2, 0) is 11.3 Å². The first-order chi connectivity index (χ1) is 14.5. The fourth-order valence-corrected chi connectivity index (χ4v) is 3.26. The van der Waals surface area contributed by atoms with Crippen LogP contribution in [0.4, 0.5) is 11.4 Å². The lowest BCUT2D eigenvalue weighted by Crippen LogP contribution is -2.13. The Morgan fingerprint density at radius 3 is 2.40 bits per heavy atom. The number of anilines is 2. The molecule has 0 unspecified atom stereocenters. The molecule has 3 aromatic heterocycles. The summed E-state index contributed by atoms with van der Waals surface area (Å²) in [6.45, 7) is 6.24. The third-order valence-electron chi connectivity index (χ3n) is 4.73. The lowest BCUT2D eigenvalue weighted by atomic mass is 10.2. The van der Waals surface area contributed by atoms with Crippen LogP contribution in [0.25, 0.3) is 16.9 Å². The van der Waals surface area contributed by atoms with Gasteiger partial charge in [-0.3, -0.25) is 14.3 Å². The topological polar surface area (TPSA) is 106 Å². The molecule has 152 valence electrons. The number of nitrogens with one attached hydrogen (secondary N) is 2. The fraction of sp³-hybridized carbons (Fsp3) is 0.190. The molecule has 0 aliphatic carbocycles. The van der Waals surface area contributed by atoms with E-state index in [0.29, 0.717) is 17.0 Å². The molecule has 9 nitrogen and oxygen atoms in total. The second-order valence-corrected chi connectivity index (χ2v) is 6.80. The molecule has 4 aromatic rings. The smallest absolute Gasteiger partial charge is 0.276 e. The van der Waals surface area contributed by atoms with E-state index in [9.17, 15) is 9.59 Å². The van der Waals surface area contributed by atoms with Crippen LogP contribution in [0.2, 0.25) is 0 Å². The van der Waals surface area contributed by atoms with Gasteiger partial charge in [0, 0.05) is 48.4 Å². The Bertz CT molecular complexity index is 1240. The first kappa shape index (κ1) is 19.3. The van der Waals surface area contributed by atoms with Crippen molar-refractivity contribution in [3.05, 3.63) is 60.2 Å². The predicted octanol–water partition coefficient (Wildman–Crippen LogP) is 3.13. The Morgan fingerprint density at radius 1 is 1.07 bits per heavy atom. The quantitative estimate of drug-likeness (QED) is 0.532. The molecule has 4 rings (SSSR count). The molecule has 3 heterocycles. The summed E-state index contributed by atoms with van der Waals surface area (Å²) in [6, 6.07) is 10.4. The summed E-state index contributed by atoms with van der Waals surface area (Å²) in [5, 5.41) is 14.4. The summed E-state index contributed by atoms with van der Waals surface area (Å²) in [7, 11) is 0. The van der Waals surface area contributed by atoms with Gasteiger partial charge in [-0.2, -0.15) is 10.2 Å². The molecule has 0 saturated carbocycles. The Morgan fingerprint density at radius 2 is 1.77 bits per heavy atom. The molecule has 0 spiro atoms. The van der Waals surface area contributed by atoms with Crippen LogP contribution in [0.15, 0.2) is 48.8 Å².